The third-order valence-electron chi connectivity index (χ3n) is 2.93. The molecule has 1 fully saturated rings. The van der Waals surface area contributed by atoms with E-state index in [1.54, 1.807) is 0 Å². The lowest BCUT2D eigenvalue weighted by molar-refractivity contribution is -0.0361. The molecule has 0 aromatic rings. The van der Waals surface area contributed by atoms with Crippen molar-refractivity contribution in [1.29, 1.82) is 5.26 Å². The van der Waals surface area contributed by atoms with Crippen molar-refractivity contribution in [1.82, 2.24) is 4.90 Å². The summed E-state index contributed by atoms with van der Waals surface area (Å²) in [5.74, 6) is 0.0451. The van der Waals surface area contributed by atoms with E-state index in [-0.39, 0.29) is 5.92 Å². The molecule has 1 heterocycles. The van der Waals surface area contributed by atoms with Crippen molar-refractivity contribution in [3.05, 3.63) is 0 Å². The fourth-order valence-electron chi connectivity index (χ4n) is 1.73. The number of aliphatic hydroxyl groups is 1. The summed E-state index contributed by atoms with van der Waals surface area (Å²) in [6, 6.07) is 2.31. The zero-order chi connectivity index (χ0) is 9.35. The molecule has 0 aromatic carbocycles. The Balaban J connectivity index is 2.76. The summed E-state index contributed by atoms with van der Waals surface area (Å²) in [4.78, 5) is 2.18. The highest BCUT2D eigenvalue weighted by molar-refractivity contribution is 5.08. The molecule has 0 radical (unpaired) electrons. The molecule has 0 saturated carbocycles. The van der Waals surface area contributed by atoms with Gasteiger partial charge in [0.25, 0.3) is 0 Å². The molecule has 0 aromatic heterocycles. The highest BCUT2D eigenvalue weighted by Gasteiger charge is 2.41. The SMILES string of the molecule is C[C@@H]1CN(C)[C@@H](C)C[C@@]1(O)C#N. The first kappa shape index (κ1) is 9.50. The first-order chi connectivity index (χ1) is 5.49. The zero-order valence-corrected chi connectivity index (χ0v) is 7.91. The number of rotatable bonds is 0. The van der Waals surface area contributed by atoms with Crippen LogP contribution in [-0.4, -0.2) is 35.2 Å². The predicted octanol–water partition coefficient (Wildman–Crippen LogP) is 0.601. The maximum Gasteiger partial charge on any atom is 0.156 e. The van der Waals surface area contributed by atoms with Gasteiger partial charge in [0.2, 0.25) is 0 Å². The fourth-order valence-corrected chi connectivity index (χ4v) is 1.73. The van der Waals surface area contributed by atoms with Gasteiger partial charge in [-0.2, -0.15) is 5.26 Å². The second kappa shape index (κ2) is 3.04. The molecular weight excluding hydrogens is 152 g/mol. The third-order valence-corrected chi connectivity index (χ3v) is 2.93. The van der Waals surface area contributed by atoms with E-state index in [0.29, 0.717) is 12.5 Å². The molecule has 1 aliphatic rings. The van der Waals surface area contributed by atoms with Crippen LogP contribution in [0.25, 0.3) is 0 Å². The Morgan fingerprint density at radius 1 is 1.58 bits per heavy atom. The Morgan fingerprint density at radius 3 is 2.67 bits per heavy atom. The second-order valence-electron chi connectivity index (χ2n) is 3.93. The van der Waals surface area contributed by atoms with Gasteiger partial charge < -0.3 is 10.0 Å². The van der Waals surface area contributed by atoms with Crippen molar-refractivity contribution in [2.24, 2.45) is 5.92 Å². The second-order valence-corrected chi connectivity index (χ2v) is 3.93. The van der Waals surface area contributed by atoms with E-state index in [2.05, 4.69) is 4.90 Å². The van der Waals surface area contributed by atoms with Gasteiger partial charge in [0.15, 0.2) is 5.60 Å². The van der Waals surface area contributed by atoms with E-state index in [9.17, 15) is 5.11 Å². The molecule has 3 nitrogen and oxygen atoms in total. The van der Waals surface area contributed by atoms with Crippen LogP contribution in [0.1, 0.15) is 20.3 Å². The summed E-state index contributed by atoms with van der Waals surface area (Å²) in [5, 5.41) is 18.7. The first-order valence-corrected chi connectivity index (χ1v) is 4.33. The minimum atomic E-state index is -1.11. The smallest absolute Gasteiger partial charge is 0.156 e. The average Bonchev–Trinajstić information content (AvgIpc) is 2.01. The Hall–Kier alpha value is -0.590. The van der Waals surface area contributed by atoms with Gasteiger partial charge >= 0.3 is 0 Å². The summed E-state index contributed by atoms with van der Waals surface area (Å²) in [5.41, 5.74) is -1.11. The van der Waals surface area contributed by atoms with Crippen LogP contribution in [-0.2, 0) is 0 Å². The van der Waals surface area contributed by atoms with Gasteiger partial charge in [-0.15, -0.1) is 0 Å². The molecule has 3 atom stereocenters. The minimum Gasteiger partial charge on any atom is -0.375 e. The van der Waals surface area contributed by atoms with Crippen molar-refractivity contribution in [2.75, 3.05) is 13.6 Å². The van der Waals surface area contributed by atoms with Crippen molar-refractivity contribution in [2.45, 2.75) is 31.9 Å². The van der Waals surface area contributed by atoms with Crippen LogP contribution >= 0.6 is 0 Å². The van der Waals surface area contributed by atoms with Crippen molar-refractivity contribution < 1.29 is 5.11 Å². The molecule has 1 saturated heterocycles. The van der Waals surface area contributed by atoms with Crippen LogP contribution in [0.5, 0.6) is 0 Å². The number of piperidine rings is 1. The molecule has 1 rings (SSSR count). The topological polar surface area (TPSA) is 47.3 Å². The van der Waals surface area contributed by atoms with Gasteiger partial charge in [0.1, 0.15) is 0 Å². The minimum absolute atomic E-state index is 0.0451. The molecule has 0 amide bonds. The molecule has 0 spiro atoms. The Labute approximate surface area is 73.6 Å². The standard InChI is InChI=1S/C9H16N2O/c1-7-5-11(3)8(2)4-9(7,12)6-10/h7-8,12H,4-5H2,1-3H3/t7-,8+,9-/m1/s1. The number of hydrogen-bond donors (Lipinski definition) is 1. The molecule has 68 valence electrons. The summed E-state index contributed by atoms with van der Waals surface area (Å²) < 4.78 is 0. The molecule has 12 heavy (non-hydrogen) atoms. The first-order valence-electron chi connectivity index (χ1n) is 4.33. The van der Waals surface area contributed by atoms with Gasteiger partial charge in [0.05, 0.1) is 6.07 Å². The van der Waals surface area contributed by atoms with E-state index in [1.165, 1.54) is 0 Å². The molecular formula is C9H16N2O. The van der Waals surface area contributed by atoms with Crippen LogP contribution in [0.15, 0.2) is 0 Å². The Kier molecular flexibility index (Phi) is 2.41. The van der Waals surface area contributed by atoms with E-state index in [4.69, 9.17) is 5.26 Å². The van der Waals surface area contributed by atoms with Gasteiger partial charge in [0, 0.05) is 24.9 Å². The summed E-state index contributed by atoms with van der Waals surface area (Å²) in [6.07, 6.45) is 0.557. The number of nitrogens with zero attached hydrogens (tertiary/aromatic N) is 2. The highest BCUT2D eigenvalue weighted by atomic mass is 16.3. The maximum atomic E-state index is 9.85. The molecule has 1 aliphatic heterocycles. The predicted molar refractivity (Wildman–Crippen MR) is 46.4 cm³/mol. The normalized spacial score (nSPS) is 43.9. The summed E-state index contributed by atoms with van der Waals surface area (Å²) in [7, 11) is 2.03. The average molecular weight is 168 g/mol. The fraction of sp³-hybridized carbons (Fsp3) is 0.889. The van der Waals surface area contributed by atoms with Crippen LogP contribution in [0.4, 0.5) is 0 Å². The van der Waals surface area contributed by atoms with Gasteiger partial charge in [-0.25, -0.2) is 0 Å². The lowest BCUT2D eigenvalue weighted by Gasteiger charge is -2.41. The van der Waals surface area contributed by atoms with Crippen molar-refractivity contribution >= 4 is 0 Å². The number of nitriles is 1. The van der Waals surface area contributed by atoms with Crippen LogP contribution in [0, 0.1) is 17.2 Å². The number of hydrogen-bond acceptors (Lipinski definition) is 3. The molecule has 1 N–H and O–H groups in total. The maximum absolute atomic E-state index is 9.85. The monoisotopic (exact) mass is 168 g/mol. The summed E-state index contributed by atoms with van der Waals surface area (Å²) in [6.45, 7) is 4.75. The van der Waals surface area contributed by atoms with Gasteiger partial charge in [-0.3, -0.25) is 0 Å². The zero-order valence-electron chi connectivity index (χ0n) is 7.91. The van der Waals surface area contributed by atoms with Crippen LogP contribution in [0.2, 0.25) is 0 Å². The Morgan fingerprint density at radius 2 is 2.17 bits per heavy atom. The molecule has 0 aliphatic carbocycles. The van der Waals surface area contributed by atoms with E-state index in [0.717, 1.165) is 6.54 Å². The van der Waals surface area contributed by atoms with Gasteiger partial charge in [-0.05, 0) is 14.0 Å². The molecule has 0 bridgehead atoms. The van der Waals surface area contributed by atoms with E-state index >= 15 is 0 Å². The van der Waals surface area contributed by atoms with E-state index in [1.807, 2.05) is 27.0 Å². The molecule has 3 heteroatoms. The number of likely N-dealkylation sites (tertiary alicyclic amines) is 1. The summed E-state index contributed by atoms with van der Waals surface area (Å²) >= 11 is 0. The lowest BCUT2D eigenvalue weighted by Crippen LogP contribution is -2.52. The third kappa shape index (κ3) is 1.45. The largest absolute Gasteiger partial charge is 0.375 e. The Bertz CT molecular complexity index is 211. The van der Waals surface area contributed by atoms with Crippen LogP contribution in [0.3, 0.4) is 0 Å². The van der Waals surface area contributed by atoms with Crippen molar-refractivity contribution in [3.8, 4) is 6.07 Å². The van der Waals surface area contributed by atoms with Gasteiger partial charge in [-0.1, -0.05) is 6.92 Å². The highest BCUT2D eigenvalue weighted by Crippen LogP contribution is 2.29. The van der Waals surface area contributed by atoms with Crippen molar-refractivity contribution in [3.63, 3.8) is 0 Å². The van der Waals surface area contributed by atoms with Crippen LogP contribution < -0.4 is 0 Å². The quantitative estimate of drug-likeness (QED) is 0.539. The lowest BCUT2D eigenvalue weighted by atomic mass is 9.80. The van der Waals surface area contributed by atoms with E-state index < -0.39 is 5.60 Å². The molecule has 0 unspecified atom stereocenters.